The van der Waals surface area contributed by atoms with Crippen LogP contribution in [0.4, 0.5) is 0 Å². The summed E-state index contributed by atoms with van der Waals surface area (Å²) in [4.78, 5) is 15.5. The van der Waals surface area contributed by atoms with Gasteiger partial charge in [-0.1, -0.05) is 60.3 Å². The number of aromatic nitrogens is 3. The first kappa shape index (κ1) is 19.7. The second-order valence-electron chi connectivity index (χ2n) is 7.29. The van der Waals surface area contributed by atoms with Gasteiger partial charge in [-0.3, -0.25) is 4.79 Å². The summed E-state index contributed by atoms with van der Waals surface area (Å²) in [6, 6.07) is 18.0. The molecule has 4 rings (SSSR count). The first-order valence-electron chi connectivity index (χ1n) is 10.1. The summed E-state index contributed by atoms with van der Waals surface area (Å²) < 4.78 is 2.18. The molecular formula is C23H26N4OS. The Morgan fingerprint density at radius 3 is 2.62 bits per heavy atom. The molecule has 0 spiro atoms. The number of benzene rings is 2. The molecule has 5 nitrogen and oxygen atoms in total. The van der Waals surface area contributed by atoms with E-state index in [1.54, 1.807) is 11.8 Å². The molecule has 2 heterocycles. The van der Waals surface area contributed by atoms with Gasteiger partial charge < -0.3 is 9.47 Å². The van der Waals surface area contributed by atoms with Crippen LogP contribution in [0.25, 0.3) is 11.1 Å². The molecule has 3 aromatic rings. The van der Waals surface area contributed by atoms with Crippen LogP contribution in [0.15, 0.2) is 59.8 Å². The minimum absolute atomic E-state index is 0.0989. The number of carbonyl (C=O) groups excluding carboxylic acids is 1. The Morgan fingerprint density at radius 2 is 1.86 bits per heavy atom. The third-order valence-corrected chi connectivity index (χ3v) is 6.23. The van der Waals surface area contributed by atoms with E-state index in [2.05, 4.69) is 33.8 Å². The maximum atomic E-state index is 13.5. The zero-order valence-corrected chi connectivity index (χ0v) is 17.7. The number of hydrogen-bond acceptors (Lipinski definition) is 4. The molecule has 1 aromatic heterocycles. The van der Waals surface area contributed by atoms with Crippen LogP contribution < -0.4 is 0 Å². The maximum Gasteiger partial charge on any atom is 0.254 e. The SMILES string of the molecule is CCn1c(SC)nnc1[C@@H]1CCCN(C(=O)c2ccccc2-c2ccccc2)C1. The van der Waals surface area contributed by atoms with Crippen molar-refractivity contribution >= 4 is 17.7 Å². The normalized spacial score (nSPS) is 16.8. The van der Waals surface area contributed by atoms with Crippen molar-refractivity contribution < 1.29 is 4.79 Å². The smallest absolute Gasteiger partial charge is 0.254 e. The van der Waals surface area contributed by atoms with E-state index in [1.165, 1.54) is 0 Å². The van der Waals surface area contributed by atoms with Gasteiger partial charge in [-0.15, -0.1) is 10.2 Å². The Labute approximate surface area is 176 Å². The highest BCUT2D eigenvalue weighted by molar-refractivity contribution is 7.98. The standard InChI is InChI=1S/C23H26N4OS/c1-3-27-21(24-25-23(27)29-2)18-12-9-15-26(16-18)22(28)20-14-8-7-13-19(20)17-10-5-4-6-11-17/h4-8,10-11,13-14,18H,3,9,12,15-16H2,1-2H3/t18-/m1/s1. The number of rotatable bonds is 5. The third kappa shape index (κ3) is 3.94. The number of piperidine rings is 1. The number of carbonyl (C=O) groups is 1. The number of likely N-dealkylation sites (tertiary alicyclic amines) is 1. The van der Waals surface area contributed by atoms with Crippen molar-refractivity contribution in [3.8, 4) is 11.1 Å². The Kier molecular flexibility index (Phi) is 6.00. The van der Waals surface area contributed by atoms with Gasteiger partial charge in [0.15, 0.2) is 5.16 Å². The summed E-state index contributed by atoms with van der Waals surface area (Å²) in [6.45, 7) is 4.44. The molecular weight excluding hydrogens is 380 g/mol. The molecule has 0 radical (unpaired) electrons. The lowest BCUT2D eigenvalue weighted by atomic mass is 9.94. The highest BCUT2D eigenvalue weighted by Crippen LogP contribution is 2.30. The van der Waals surface area contributed by atoms with Crippen LogP contribution in [0.1, 0.15) is 41.9 Å². The molecule has 0 bridgehead atoms. The fourth-order valence-corrected chi connectivity index (χ4v) is 4.70. The van der Waals surface area contributed by atoms with Gasteiger partial charge in [-0.2, -0.15) is 0 Å². The largest absolute Gasteiger partial charge is 0.338 e. The van der Waals surface area contributed by atoms with Crippen molar-refractivity contribution in [1.82, 2.24) is 19.7 Å². The van der Waals surface area contributed by atoms with Crippen molar-refractivity contribution in [2.45, 2.75) is 37.4 Å². The monoisotopic (exact) mass is 406 g/mol. The summed E-state index contributed by atoms with van der Waals surface area (Å²) in [7, 11) is 0. The Bertz CT molecular complexity index is 986. The van der Waals surface area contributed by atoms with Crippen molar-refractivity contribution in [3.05, 3.63) is 66.0 Å². The van der Waals surface area contributed by atoms with Crippen LogP contribution in [0.2, 0.25) is 0 Å². The van der Waals surface area contributed by atoms with Crippen molar-refractivity contribution in [2.75, 3.05) is 19.3 Å². The molecule has 0 unspecified atom stereocenters. The van der Waals surface area contributed by atoms with Crippen LogP contribution in [0, 0.1) is 0 Å². The number of amides is 1. The molecule has 150 valence electrons. The van der Waals surface area contributed by atoms with E-state index in [4.69, 9.17) is 0 Å². The van der Waals surface area contributed by atoms with Crippen molar-refractivity contribution in [3.63, 3.8) is 0 Å². The molecule has 1 aliphatic rings. The van der Waals surface area contributed by atoms with Gasteiger partial charge in [-0.05, 0) is 43.2 Å². The molecule has 6 heteroatoms. The summed E-state index contributed by atoms with van der Waals surface area (Å²) >= 11 is 1.62. The molecule has 1 saturated heterocycles. The van der Waals surface area contributed by atoms with Gasteiger partial charge in [0, 0.05) is 31.1 Å². The summed E-state index contributed by atoms with van der Waals surface area (Å²) in [5.41, 5.74) is 2.82. The highest BCUT2D eigenvalue weighted by atomic mass is 32.2. The molecule has 1 aliphatic heterocycles. The molecule has 1 amide bonds. The second kappa shape index (κ2) is 8.82. The zero-order valence-electron chi connectivity index (χ0n) is 16.9. The van der Waals surface area contributed by atoms with Crippen LogP contribution in [-0.4, -0.2) is 44.9 Å². The van der Waals surface area contributed by atoms with Gasteiger partial charge in [-0.25, -0.2) is 0 Å². The fraction of sp³-hybridized carbons (Fsp3) is 0.348. The first-order chi connectivity index (χ1) is 14.2. The van der Waals surface area contributed by atoms with Crippen LogP contribution >= 0.6 is 11.8 Å². The number of nitrogens with zero attached hydrogens (tertiary/aromatic N) is 4. The average Bonchev–Trinajstić information content (AvgIpc) is 3.22. The molecule has 1 atom stereocenters. The van der Waals surface area contributed by atoms with Gasteiger partial charge in [0.2, 0.25) is 0 Å². The predicted molar refractivity (Wildman–Crippen MR) is 117 cm³/mol. The molecule has 0 N–H and O–H groups in total. The van der Waals surface area contributed by atoms with E-state index >= 15 is 0 Å². The second-order valence-corrected chi connectivity index (χ2v) is 8.06. The first-order valence-corrected chi connectivity index (χ1v) is 11.4. The Balaban J connectivity index is 1.60. The van der Waals surface area contributed by atoms with Crippen LogP contribution in [0.5, 0.6) is 0 Å². The summed E-state index contributed by atoms with van der Waals surface area (Å²) in [6.07, 6.45) is 4.04. The van der Waals surface area contributed by atoms with Gasteiger partial charge in [0.05, 0.1) is 0 Å². The van der Waals surface area contributed by atoms with E-state index in [1.807, 2.05) is 53.6 Å². The summed E-state index contributed by atoms with van der Waals surface area (Å²) in [5, 5.41) is 9.75. The van der Waals surface area contributed by atoms with Crippen LogP contribution in [-0.2, 0) is 6.54 Å². The molecule has 0 saturated carbocycles. The Hall–Kier alpha value is -2.60. The van der Waals surface area contributed by atoms with E-state index in [0.29, 0.717) is 6.54 Å². The van der Waals surface area contributed by atoms with Gasteiger partial charge in [0.25, 0.3) is 5.91 Å². The summed E-state index contributed by atoms with van der Waals surface area (Å²) in [5.74, 6) is 1.33. The van der Waals surface area contributed by atoms with E-state index in [0.717, 1.165) is 53.6 Å². The molecule has 1 fully saturated rings. The zero-order chi connectivity index (χ0) is 20.2. The van der Waals surface area contributed by atoms with E-state index < -0.39 is 0 Å². The van der Waals surface area contributed by atoms with Crippen molar-refractivity contribution in [2.24, 2.45) is 0 Å². The Morgan fingerprint density at radius 1 is 1.10 bits per heavy atom. The van der Waals surface area contributed by atoms with Crippen molar-refractivity contribution in [1.29, 1.82) is 0 Å². The lowest BCUT2D eigenvalue weighted by Crippen LogP contribution is -2.40. The van der Waals surface area contributed by atoms with Crippen LogP contribution in [0.3, 0.4) is 0 Å². The minimum atomic E-state index is 0.0989. The van der Waals surface area contributed by atoms with E-state index in [-0.39, 0.29) is 11.8 Å². The number of thioether (sulfide) groups is 1. The lowest BCUT2D eigenvalue weighted by molar-refractivity contribution is 0.0704. The third-order valence-electron chi connectivity index (χ3n) is 5.56. The number of hydrogen-bond donors (Lipinski definition) is 0. The van der Waals surface area contributed by atoms with Gasteiger partial charge in [0.1, 0.15) is 5.82 Å². The predicted octanol–water partition coefficient (Wildman–Crippen LogP) is 4.71. The molecule has 2 aromatic carbocycles. The lowest BCUT2D eigenvalue weighted by Gasteiger charge is -2.33. The molecule has 29 heavy (non-hydrogen) atoms. The highest BCUT2D eigenvalue weighted by Gasteiger charge is 2.30. The topological polar surface area (TPSA) is 51.0 Å². The maximum absolute atomic E-state index is 13.5. The van der Waals surface area contributed by atoms with E-state index in [9.17, 15) is 4.79 Å². The van der Waals surface area contributed by atoms with Gasteiger partial charge >= 0.3 is 0 Å². The quantitative estimate of drug-likeness (QED) is 0.576. The minimum Gasteiger partial charge on any atom is -0.338 e. The molecule has 0 aliphatic carbocycles. The average molecular weight is 407 g/mol. The fourth-order valence-electron chi connectivity index (χ4n) is 4.13.